The zero-order valence-electron chi connectivity index (χ0n) is 6.33. The minimum absolute atomic E-state index is 0.0663. The molecule has 0 aliphatic carbocycles. The van der Waals surface area contributed by atoms with Gasteiger partial charge < -0.3 is 0 Å². The topological polar surface area (TPSA) is 101 Å². The van der Waals surface area contributed by atoms with Crippen LogP contribution in [0.4, 0.5) is 0 Å². The number of hydrogen-bond acceptors (Lipinski definition) is 4. The van der Waals surface area contributed by atoms with Gasteiger partial charge in [0.2, 0.25) is 11.8 Å². The van der Waals surface area contributed by atoms with E-state index in [1.165, 1.54) is 7.05 Å². The van der Waals surface area contributed by atoms with E-state index < -0.39 is 0 Å². The molecule has 2 amide bonds. The molecule has 0 aliphatic heterocycles. The Labute approximate surface area is 64.5 Å². The summed E-state index contributed by atoms with van der Waals surface area (Å²) in [7, 11) is 1.42. The molecule has 0 saturated carbocycles. The molecule has 0 rings (SSSR count). The Morgan fingerprint density at radius 3 is 2.36 bits per heavy atom. The Morgan fingerprint density at radius 2 is 2.00 bits per heavy atom. The van der Waals surface area contributed by atoms with Crippen LogP contribution in [0.15, 0.2) is 0 Å². The maximum atomic E-state index is 10.7. The van der Waals surface area contributed by atoms with Crippen LogP contribution >= 0.6 is 0 Å². The van der Waals surface area contributed by atoms with Crippen LogP contribution in [-0.2, 0) is 9.59 Å². The zero-order valence-corrected chi connectivity index (χ0v) is 6.33. The number of hydrazine groups is 2. The molecular weight excluding hydrogens is 148 g/mol. The summed E-state index contributed by atoms with van der Waals surface area (Å²) in [5.41, 5.74) is 1.91. The van der Waals surface area contributed by atoms with E-state index in [1.54, 1.807) is 0 Å². The maximum Gasteiger partial charge on any atom is 0.236 e. The lowest BCUT2D eigenvalue weighted by Gasteiger charge is -2.08. The van der Waals surface area contributed by atoms with Crippen molar-refractivity contribution in [1.29, 1.82) is 0 Å². The van der Waals surface area contributed by atoms with E-state index in [4.69, 9.17) is 11.7 Å². The van der Waals surface area contributed by atoms with E-state index in [2.05, 4.69) is 0 Å². The second-order valence-electron chi connectivity index (χ2n) is 2.07. The van der Waals surface area contributed by atoms with Gasteiger partial charge in [0.15, 0.2) is 0 Å². The third kappa shape index (κ3) is 4.29. The van der Waals surface area contributed by atoms with Crippen molar-refractivity contribution in [2.75, 3.05) is 7.05 Å². The van der Waals surface area contributed by atoms with E-state index >= 15 is 0 Å². The fourth-order valence-electron chi connectivity index (χ4n) is 0.469. The summed E-state index contributed by atoms with van der Waals surface area (Å²) in [6.45, 7) is 0. The van der Waals surface area contributed by atoms with Gasteiger partial charge in [-0.25, -0.2) is 11.7 Å². The van der Waals surface area contributed by atoms with Gasteiger partial charge in [-0.1, -0.05) is 0 Å². The van der Waals surface area contributed by atoms with Crippen molar-refractivity contribution in [3.8, 4) is 0 Å². The summed E-state index contributed by atoms with van der Waals surface area (Å²) in [6, 6.07) is 0. The van der Waals surface area contributed by atoms with Gasteiger partial charge in [-0.2, -0.15) is 0 Å². The molecule has 0 fully saturated rings. The molecule has 0 aromatic rings. The number of amides is 2. The van der Waals surface area contributed by atoms with E-state index in [0.717, 1.165) is 5.01 Å². The van der Waals surface area contributed by atoms with E-state index in [-0.39, 0.29) is 24.7 Å². The second kappa shape index (κ2) is 4.64. The van der Waals surface area contributed by atoms with E-state index in [0.29, 0.717) is 0 Å². The average molecular weight is 160 g/mol. The number of carbonyl (C=O) groups excluding carboxylic acids is 2. The maximum absolute atomic E-state index is 10.7. The van der Waals surface area contributed by atoms with Crippen LogP contribution in [0.2, 0.25) is 0 Å². The molecule has 0 saturated heterocycles. The molecule has 0 aromatic carbocycles. The molecule has 0 aromatic heterocycles. The van der Waals surface area contributed by atoms with Gasteiger partial charge >= 0.3 is 0 Å². The van der Waals surface area contributed by atoms with Gasteiger partial charge in [-0.15, -0.1) is 0 Å². The summed E-state index contributed by atoms with van der Waals surface area (Å²) >= 11 is 0. The lowest BCUT2D eigenvalue weighted by molar-refractivity contribution is -0.132. The fourth-order valence-corrected chi connectivity index (χ4v) is 0.469. The number of carbonyl (C=O) groups is 2. The first kappa shape index (κ1) is 9.86. The first-order chi connectivity index (χ1) is 5.07. The number of rotatable bonds is 3. The molecule has 0 unspecified atom stereocenters. The molecule has 0 bridgehead atoms. The molecule has 0 radical (unpaired) electrons. The Balaban J connectivity index is 3.54. The Kier molecular flexibility index (Phi) is 4.16. The monoisotopic (exact) mass is 160 g/mol. The highest BCUT2D eigenvalue weighted by molar-refractivity contribution is 5.82. The van der Waals surface area contributed by atoms with Crippen LogP contribution in [0, 0.1) is 0 Å². The van der Waals surface area contributed by atoms with Crippen molar-refractivity contribution >= 4 is 11.8 Å². The van der Waals surface area contributed by atoms with Crippen LogP contribution in [0.25, 0.3) is 0 Å². The summed E-state index contributed by atoms with van der Waals surface area (Å²) < 4.78 is 0. The molecule has 0 aliphatic rings. The predicted molar refractivity (Wildman–Crippen MR) is 38.5 cm³/mol. The zero-order chi connectivity index (χ0) is 8.85. The highest BCUT2D eigenvalue weighted by atomic mass is 16.2. The summed E-state index contributed by atoms with van der Waals surface area (Å²) in [6.07, 6.45) is 0.146. The van der Waals surface area contributed by atoms with Gasteiger partial charge in [0, 0.05) is 19.9 Å². The second-order valence-corrected chi connectivity index (χ2v) is 2.07. The molecular formula is C5H12N4O2. The third-order valence-electron chi connectivity index (χ3n) is 1.12. The van der Waals surface area contributed by atoms with Crippen LogP contribution in [0.3, 0.4) is 0 Å². The Morgan fingerprint density at radius 1 is 1.45 bits per heavy atom. The van der Waals surface area contributed by atoms with Crippen LogP contribution in [-0.4, -0.2) is 23.9 Å². The minimum atomic E-state index is -0.375. The van der Waals surface area contributed by atoms with E-state index in [9.17, 15) is 9.59 Å². The fraction of sp³-hybridized carbons (Fsp3) is 0.600. The quantitative estimate of drug-likeness (QED) is 0.254. The van der Waals surface area contributed by atoms with Crippen molar-refractivity contribution in [2.24, 2.45) is 11.7 Å². The van der Waals surface area contributed by atoms with Gasteiger partial charge in [0.25, 0.3) is 0 Å². The predicted octanol–water partition coefficient (Wildman–Crippen LogP) is -1.91. The Hall–Kier alpha value is -1.14. The number of hydrogen-bond donors (Lipinski definition) is 3. The van der Waals surface area contributed by atoms with Gasteiger partial charge in [-0.3, -0.25) is 20.0 Å². The first-order valence-electron chi connectivity index (χ1n) is 3.08. The Bertz CT molecular complexity index is 157. The largest absolute Gasteiger partial charge is 0.294 e. The molecule has 0 spiro atoms. The normalized spacial score (nSPS) is 9.00. The summed E-state index contributed by atoms with van der Waals surface area (Å²) in [4.78, 5) is 21.2. The van der Waals surface area contributed by atoms with Crippen LogP contribution < -0.4 is 17.1 Å². The highest BCUT2D eigenvalue weighted by Crippen LogP contribution is 1.90. The molecule has 5 N–H and O–H groups in total. The SMILES string of the molecule is CN(N)C(=O)CCC(=O)NN. The summed E-state index contributed by atoms with van der Waals surface area (Å²) in [5.74, 6) is 9.19. The van der Waals surface area contributed by atoms with Gasteiger partial charge in [0.05, 0.1) is 0 Å². The highest BCUT2D eigenvalue weighted by Gasteiger charge is 2.06. The molecule has 11 heavy (non-hydrogen) atoms. The number of nitrogens with zero attached hydrogens (tertiary/aromatic N) is 1. The van der Waals surface area contributed by atoms with Crippen molar-refractivity contribution in [1.82, 2.24) is 10.4 Å². The lowest BCUT2D eigenvalue weighted by Crippen LogP contribution is -2.35. The molecule has 0 atom stereocenters. The average Bonchev–Trinajstić information content (AvgIpc) is 1.99. The van der Waals surface area contributed by atoms with Crippen molar-refractivity contribution in [3.63, 3.8) is 0 Å². The molecule has 64 valence electrons. The molecule has 0 heterocycles. The number of nitrogens with one attached hydrogen (secondary N) is 1. The molecule has 6 heteroatoms. The van der Waals surface area contributed by atoms with Crippen LogP contribution in [0.1, 0.15) is 12.8 Å². The lowest BCUT2D eigenvalue weighted by atomic mass is 10.3. The standard InChI is InChI=1S/C5H12N4O2/c1-9(7)5(11)3-2-4(10)8-6/h2-3,6-7H2,1H3,(H,8,10). The van der Waals surface area contributed by atoms with Crippen LogP contribution in [0.5, 0.6) is 0 Å². The van der Waals surface area contributed by atoms with E-state index in [1.807, 2.05) is 5.43 Å². The van der Waals surface area contributed by atoms with Crippen molar-refractivity contribution in [3.05, 3.63) is 0 Å². The smallest absolute Gasteiger partial charge is 0.236 e. The summed E-state index contributed by atoms with van der Waals surface area (Å²) in [5, 5.41) is 0.934. The van der Waals surface area contributed by atoms with Gasteiger partial charge in [0.1, 0.15) is 0 Å². The minimum Gasteiger partial charge on any atom is -0.294 e. The van der Waals surface area contributed by atoms with Crippen molar-refractivity contribution in [2.45, 2.75) is 12.8 Å². The van der Waals surface area contributed by atoms with Gasteiger partial charge in [-0.05, 0) is 0 Å². The van der Waals surface area contributed by atoms with Crippen molar-refractivity contribution < 1.29 is 9.59 Å². The first-order valence-corrected chi connectivity index (χ1v) is 3.08. The molecule has 6 nitrogen and oxygen atoms in total. The number of nitrogens with two attached hydrogens (primary N) is 2. The third-order valence-corrected chi connectivity index (χ3v) is 1.12.